The van der Waals surface area contributed by atoms with Crippen LogP contribution in [0.25, 0.3) is 0 Å². The molecule has 0 spiro atoms. The number of aryl methyl sites for hydroxylation is 1. The van der Waals surface area contributed by atoms with Crippen molar-refractivity contribution in [2.75, 3.05) is 10.6 Å². The van der Waals surface area contributed by atoms with Gasteiger partial charge in [0.15, 0.2) is 0 Å². The molecule has 1 aromatic heterocycles. The van der Waals surface area contributed by atoms with E-state index in [0.29, 0.717) is 17.3 Å². The molecule has 1 heterocycles. The van der Waals surface area contributed by atoms with Crippen LogP contribution >= 0.6 is 15.9 Å². The zero-order valence-electron chi connectivity index (χ0n) is 13.0. The highest BCUT2D eigenvalue weighted by atomic mass is 79.9. The molecule has 0 atom stereocenters. The lowest BCUT2D eigenvalue weighted by molar-refractivity contribution is 0.102. The molecule has 6 heteroatoms. The van der Waals surface area contributed by atoms with Crippen molar-refractivity contribution in [2.45, 2.75) is 6.92 Å². The smallest absolute Gasteiger partial charge is 0.274 e. The summed E-state index contributed by atoms with van der Waals surface area (Å²) in [6.07, 6.45) is 1.56. The second kappa shape index (κ2) is 7.23. The number of halogens is 1. The van der Waals surface area contributed by atoms with Gasteiger partial charge in [0.1, 0.15) is 5.69 Å². The molecule has 0 radical (unpaired) electrons. The molecular formula is C18H15BrN4O. The first-order valence-corrected chi connectivity index (χ1v) is 8.14. The number of rotatable bonds is 4. The highest BCUT2D eigenvalue weighted by Gasteiger charge is 2.10. The Morgan fingerprint density at radius 1 is 1.04 bits per heavy atom. The SMILES string of the molecule is Cc1ccccc1Nc1nccc(C(=O)Nc2ccc(Br)cc2)n1. The third kappa shape index (κ3) is 3.97. The Kier molecular flexibility index (Phi) is 4.86. The molecule has 0 aliphatic carbocycles. The Morgan fingerprint density at radius 2 is 1.79 bits per heavy atom. The quantitative estimate of drug-likeness (QED) is 0.694. The van der Waals surface area contributed by atoms with Crippen LogP contribution < -0.4 is 10.6 Å². The monoisotopic (exact) mass is 382 g/mol. The lowest BCUT2D eigenvalue weighted by Crippen LogP contribution is -2.14. The van der Waals surface area contributed by atoms with Gasteiger partial charge in [0.2, 0.25) is 5.95 Å². The van der Waals surface area contributed by atoms with Gasteiger partial charge in [-0.05, 0) is 48.9 Å². The summed E-state index contributed by atoms with van der Waals surface area (Å²) >= 11 is 3.36. The summed E-state index contributed by atoms with van der Waals surface area (Å²) < 4.78 is 0.951. The molecule has 1 amide bonds. The van der Waals surface area contributed by atoms with Gasteiger partial charge in [0, 0.05) is 22.0 Å². The molecule has 2 aromatic carbocycles. The second-order valence-electron chi connectivity index (χ2n) is 5.17. The van der Waals surface area contributed by atoms with Crippen molar-refractivity contribution in [1.29, 1.82) is 0 Å². The zero-order chi connectivity index (χ0) is 16.9. The van der Waals surface area contributed by atoms with Crippen LogP contribution in [-0.4, -0.2) is 15.9 Å². The van der Waals surface area contributed by atoms with E-state index in [1.807, 2.05) is 55.5 Å². The van der Waals surface area contributed by atoms with Gasteiger partial charge >= 0.3 is 0 Å². The van der Waals surface area contributed by atoms with Crippen molar-refractivity contribution in [1.82, 2.24) is 9.97 Å². The Morgan fingerprint density at radius 3 is 2.54 bits per heavy atom. The minimum atomic E-state index is -0.285. The zero-order valence-corrected chi connectivity index (χ0v) is 14.5. The number of carbonyl (C=O) groups is 1. The Balaban J connectivity index is 1.76. The standard InChI is InChI=1S/C18H15BrN4O/c1-12-4-2-3-5-15(12)22-18-20-11-10-16(23-18)17(24)21-14-8-6-13(19)7-9-14/h2-11H,1H3,(H,21,24)(H,20,22,23). The van der Waals surface area contributed by atoms with Crippen molar-refractivity contribution in [3.05, 3.63) is 76.5 Å². The molecule has 0 unspecified atom stereocenters. The van der Waals surface area contributed by atoms with Crippen LogP contribution in [0, 0.1) is 6.92 Å². The highest BCUT2D eigenvalue weighted by molar-refractivity contribution is 9.10. The van der Waals surface area contributed by atoms with E-state index < -0.39 is 0 Å². The first kappa shape index (κ1) is 16.1. The molecule has 120 valence electrons. The number of benzene rings is 2. The maximum absolute atomic E-state index is 12.3. The van der Waals surface area contributed by atoms with E-state index in [9.17, 15) is 4.79 Å². The van der Waals surface area contributed by atoms with Gasteiger partial charge in [-0.25, -0.2) is 9.97 Å². The van der Waals surface area contributed by atoms with Crippen molar-refractivity contribution >= 4 is 39.2 Å². The molecule has 24 heavy (non-hydrogen) atoms. The molecule has 0 fully saturated rings. The Labute approximate surface area is 148 Å². The van der Waals surface area contributed by atoms with E-state index in [-0.39, 0.29) is 5.91 Å². The minimum Gasteiger partial charge on any atom is -0.324 e. The van der Waals surface area contributed by atoms with Crippen LogP contribution in [0.5, 0.6) is 0 Å². The number of para-hydroxylation sites is 1. The average Bonchev–Trinajstić information content (AvgIpc) is 2.59. The van der Waals surface area contributed by atoms with Crippen molar-refractivity contribution in [2.24, 2.45) is 0 Å². The molecule has 2 N–H and O–H groups in total. The van der Waals surface area contributed by atoms with Gasteiger partial charge < -0.3 is 10.6 Å². The third-order valence-electron chi connectivity index (χ3n) is 3.38. The molecule has 0 bridgehead atoms. The van der Waals surface area contributed by atoms with Gasteiger partial charge in [-0.2, -0.15) is 0 Å². The third-order valence-corrected chi connectivity index (χ3v) is 3.91. The molecular weight excluding hydrogens is 368 g/mol. The Bertz CT molecular complexity index is 865. The summed E-state index contributed by atoms with van der Waals surface area (Å²) in [5.74, 6) is 0.0975. The summed E-state index contributed by atoms with van der Waals surface area (Å²) in [6.45, 7) is 1.99. The maximum atomic E-state index is 12.3. The van der Waals surface area contributed by atoms with E-state index in [1.54, 1.807) is 12.3 Å². The number of anilines is 3. The van der Waals surface area contributed by atoms with Crippen LogP contribution in [0.4, 0.5) is 17.3 Å². The lowest BCUT2D eigenvalue weighted by Gasteiger charge is -2.09. The van der Waals surface area contributed by atoms with Gasteiger partial charge in [-0.15, -0.1) is 0 Å². The number of hydrogen-bond acceptors (Lipinski definition) is 4. The fraction of sp³-hybridized carbons (Fsp3) is 0.0556. The van der Waals surface area contributed by atoms with Gasteiger partial charge in [0.05, 0.1) is 0 Å². The largest absolute Gasteiger partial charge is 0.324 e. The number of hydrogen-bond donors (Lipinski definition) is 2. The number of amides is 1. The van der Waals surface area contributed by atoms with Gasteiger partial charge in [-0.3, -0.25) is 4.79 Å². The molecule has 3 rings (SSSR count). The number of carbonyl (C=O) groups excluding carboxylic acids is 1. The average molecular weight is 383 g/mol. The van der Waals surface area contributed by atoms with E-state index in [4.69, 9.17) is 0 Å². The Hall–Kier alpha value is -2.73. The number of nitrogens with zero attached hydrogens (tertiary/aromatic N) is 2. The van der Waals surface area contributed by atoms with Gasteiger partial charge in [0.25, 0.3) is 5.91 Å². The predicted octanol–water partition coefficient (Wildman–Crippen LogP) is 4.54. The normalized spacial score (nSPS) is 10.2. The predicted molar refractivity (Wildman–Crippen MR) is 98.6 cm³/mol. The van der Waals surface area contributed by atoms with Crippen LogP contribution in [-0.2, 0) is 0 Å². The molecule has 0 aliphatic rings. The first-order valence-electron chi connectivity index (χ1n) is 7.34. The lowest BCUT2D eigenvalue weighted by atomic mass is 10.2. The van der Waals surface area contributed by atoms with Gasteiger partial charge in [-0.1, -0.05) is 34.1 Å². The molecule has 0 saturated heterocycles. The summed E-state index contributed by atoms with van der Waals surface area (Å²) in [6, 6.07) is 16.8. The summed E-state index contributed by atoms with van der Waals surface area (Å²) in [4.78, 5) is 20.8. The van der Waals surface area contributed by atoms with Crippen molar-refractivity contribution in [3.8, 4) is 0 Å². The molecule has 3 aromatic rings. The number of aromatic nitrogens is 2. The van der Waals surface area contributed by atoms with Crippen LogP contribution in [0.3, 0.4) is 0 Å². The molecule has 0 aliphatic heterocycles. The van der Waals surface area contributed by atoms with E-state index >= 15 is 0 Å². The number of nitrogens with one attached hydrogen (secondary N) is 2. The molecule has 0 saturated carbocycles. The topological polar surface area (TPSA) is 66.9 Å². The van der Waals surface area contributed by atoms with Crippen molar-refractivity contribution < 1.29 is 4.79 Å². The summed E-state index contributed by atoms with van der Waals surface area (Å²) in [7, 11) is 0. The summed E-state index contributed by atoms with van der Waals surface area (Å²) in [5, 5.41) is 5.94. The van der Waals surface area contributed by atoms with Crippen LogP contribution in [0.15, 0.2) is 65.3 Å². The minimum absolute atomic E-state index is 0.285. The van der Waals surface area contributed by atoms with E-state index in [2.05, 4.69) is 36.5 Å². The van der Waals surface area contributed by atoms with Crippen LogP contribution in [0.2, 0.25) is 0 Å². The second-order valence-corrected chi connectivity index (χ2v) is 6.08. The van der Waals surface area contributed by atoms with Crippen LogP contribution in [0.1, 0.15) is 16.1 Å². The highest BCUT2D eigenvalue weighted by Crippen LogP contribution is 2.18. The fourth-order valence-corrected chi connectivity index (χ4v) is 2.37. The van der Waals surface area contributed by atoms with E-state index in [0.717, 1.165) is 15.7 Å². The fourth-order valence-electron chi connectivity index (χ4n) is 2.11. The van der Waals surface area contributed by atoms with E-state index in [1.165, 1.54) is 0 Å². The summed E-state index contributed by atoms with van der Waals surface area (Å²) in [5.41, 5.74) is 2.98. The molecule has 5 nitrogen and oxygen atoms in total. The maximum Gasteiger partial charge on any atom is 0.274 e. The van der Waals surface area contributed by atoms with Crippen molar-refractivity contribution in [3.63, 3.8) is 0 Å². The first-order chi connectivity index (χ1) is 11.6.